The standard InChI is InChI=1S/C23H21N3O6/c1-11(27)19-17-18(23(25-19)13-4-2-3-5-14(13)24-22(23)30)21(29)26(20(17)28)12-6-7-15-16(10-12)32-9-8-31-15/h2-7,10-11,17-19,25,27H,8-9H2,1H3,(H,24,30)/t11-,17-,18-,19-,23-/m0/s1. The summed E-state index contributed by atoms with van der Waals surface area (Å²) >= 11 is 0. The topological polar surface area (TPSA) is 117 Å². The number of nitrogens with one attached hydrogen (secondary N) is 2. The number of ether oxygens (including phenoxy) is 2. The fraction of sp³-hybridized carbons (Fsp3) is 0.348. The van der Waals surface area contributed by atoms with Gasteiger partial charge in [0.05, 0.1) is 23.6 Å². The van der Waals surface area contributed by atoms with Crippen molar-refractivity contribution in [3.05, 3.63) is 48.0 Å². The normalized spacial score (nSPS) is 31.0. The predicted molar refractivity (Wildman–Crippen MR) is 112 cm³/mol. The maximum Gasteiger partial charge on any atom is 0.250 e. The highest BCUT2D eigenvalue weighted by Gasteiger charge is 2.71. The minimum atomic E-state index is -1.43. The van der Waals surface area contributed by atoms with Crippen LogP contribution in [0.1, 0.15) is 12.5 Å². The highest BCUT2D eigenvalue weighted by atomic mass is 16.6. The molecule has 9 heteroatoms. The lowest BCUT2D eigenvalue weighted by Crippen LogP contribution is -2.54. The van der Waals surface area contributed by atoms with Gasteiger partial charge in [0.15, 0.2) is 11.5 Å². The first-order chi connectivity index (χ1) is 15.4. The molecule has 2 aromatic carbocycles. The number of hydrogen-bond donors (Lipinski definition) is 3. The zero-order chi connectivity index (χ0) is 22.2. The second-order valence-corrected chi connectivity index (χ2v) is 8.56. The minimum Gasteiger partial charge on any atom is -0.486 e. The Balaban J connectivity index is 1.49. The molecule has 1 spiro atoms. The van der Waals surface area contributed by atoms with Gasteiger partial charge >= 0.3 is 0 Å². The molecule has 4 heterocycles. The Bertz CT molecular complexity index is 1180. The number of rotatable bonds is 2. The number of para-hydroxylation sites is 1. The third-order valence-electron chi connectivity index (χ3n) is 6.86. The minimum absolute atomic E-state index is 0.352. The number of amides is 3. The smallest absolute Gasteiger partial charge is 0.250 e. The number of anilines is 2. The molecule has 164 valence electrons. The van der Waals surface area contributed by atoms with Crippen LogP contribution in [0.5, 0.6) is 11.5 Å². The molecule has 5 atom stereocenters. The van der Waals surface area contributed by atoms with Crippen LogP contribution in [0.4, 0.5) is 11.4 Å². The number of aliphatic hydroxyl groups is 1. The Kier molecular flexibility index (Phi) is 3.94. The highest BCUT2D eigenvalue weighted by molar-refractivity contribution is 6.26. The molecule has 2 saturated heterocycles. The first-order valence-electron chi connectivity index (χ1n) is 10.6. The van der Waals surface area contributed by atoms with Crippen molar-refractivity contribution < 1.29 is 29.0 Å². The molecule has 4 aliphatic rings. The van der Waals surface area contributed by atoms with Crippen LogP contribution in [0.15, 0.2) is 42.5 Å². The van der Waals surface area contributed by atoms with E-state index in [1.807, 2.05) is 0 Å². The SMILES string of the molecule is C[C@H](O)[C@@H]1N[C@]2(C(=O)Nc3ccccc32)[C@@H]2C(=O)N(c3ccc4c(c3)OCCO4)C(=O)[C@H]12. The van der Waals surface area contributed by atoms with Crippen molar-refractivity contribution in [1.82, 2.24) is 5.32 Å². The number of imide groups is 1. The van der Waals surface area contributed by atoms with Crippen molar-refractivity contribution in [2.45, 2.75) is 24.6 Å². The van der Waals surface area contributed by atoms with Crippen molar-refractivity contribution in [2.24, 2.45) is 11.8 Å². The Labute approximate surface area is 183 Å². The van der Waals surface area contributed by atoms with Gasteiger partial charge in [0, 0.05) is 23.4 Å². The van der Waals surface area contributed by atoms with E-state index in [1.54, 1.807) is 49.4 Å². The van der Waals surface area contributed by atoms with E-state index in [9.17, 15) is 19.5 Å². The van der Waals surface area contributed by atoms with Crippen LogP contribution >= 0.6 is 0 Å². The maximum atomic E-state index is 13.8. The van der Waals surface area contributed by atoms with Crippen LogP contribution in [0, 0.1) is 11.8 Å². The van der Waals surface area contributed by atoms with E-state index in [2.05, 4.69) is 10.6 Å². The van der Waals surface area contributed by atoms with E-state index in [0.717, 1.165) is 4.90 Å². The summed E-state index contributed by atoms with van der Waals surface area (Å²) in [5, 5.41) is 16.5. The summed E-state index contributed by atoms with van der Waals surface area (Å²) in [4.78, 5) is 41.8. The largest absolute Gasteiger partial charge is 0.486 e. The molecule has 9 nitrogen and oxygen atoms in total. The molecule has 0 bridgehead atoms. The summed E-state index contributed by atoms with van der Waals surface area (Å²) in [5.41, 5.74) is 0.115. The Morgan fingerprint density at radius 2 is 1.81 bits per heavy atom. The van der Waals surface area contributed by atoms with Crippen molar-refractivity contribution in [1.29, 1.82) is 0 Å². The van der Waals surface area contributed by atoms with Gasteiger partial charge in [-0.05, 0) is 25.1 Å². The second kappa shape index (κ2) is 6.54. The van der Waals surface area contributed by atoms with Crippen LogP contribution < -0.4 is 25.0 Å². The Morgan fingerprint density at radius 1 is 1.06 bits per heavy atom. The molecule has 6 rings (SSSR count). The van der Waals surface area contributed by atoms with Gasteiger partial charge in [-0.2, -0.15) is 0 Å². The van der Waals surface area contributed by atoms with E-state index < -0.39 is 47.2 Å². The van der Waals surface area contributed by atoms with Gasteiger partial charge < -0.3 is 19.9 Å². The second-order valence-electron chi connectivity index (χ2n) is 8.56. The van der Waals surface area contributed by atoms with Crippen LogP contribution in [-0.2, 0) is 19.9 Å². The van der Waals surface area contributed by atoms with Gasteiger partial charge in [0.2, 0.25) is 17.7 Å². The van der Waals surface area contributed by atoms with Crippen LogP contribution in [0.25, 0.3) is 0 Å². The Morgan fingerprint density at radius 3 is 2.59 bits per heavy atom. The summed E-state index contributed by atoms with van der Waals surface area (Å²) in [5.74, 6) is -2.23. The first kappa shape index (κ1) is 19.3. The number of hydrogen-bond acceptors (Lipinski definition) is 7. The number of fused-ring (bicyclic) bond motifs is 5. The summed E-state index contributed by atoms with van der Waals surface area (Å²) in [6.45, 7) is 2.35. The fourth-order valence-electron chi connectivity index (χ4n) is 5.53. The molecule has 0 radical (unpaired) electrons. The molecular formula is C23H21N3O6. The Hall–Kier alpha value is -3.43. The number of carbonyl (C=O) groups excluding carboxylic acids is 3. The van der Waals surface area contributed by atoms with Gasteiger partial charge in [-0.15, -0.1) is 0 Å². The zero-order valence-electron chi connectivity index (χ0n) is 17.2. The zero-order valence-corrected chi connectivity index (χ0v) is 17.2. The molecule has 0 saturated carbocycles. The molecule has 3 amide bonds. The van der Waals surface area contributed by atoms with E-state index in [0.29, 0.717) is 41.7 Å². The lowest BCUT2D eigenvalue weighted by Gasteiger charge is -2.30. The number of benzene rings is 2. The lowest BCUT2D eigenvalue weighted by molar-refractivity contribution is -0.130. The predicted octanol–water partition coefficient (Wildman–Crippen LogP) is 0.764. The first-order valence-corrected chi connectivity index (χ1v) is 10.6. The van der Waals surface area contributed by atoms with Crippen LogP contribution in [0.3, 0.4) is 0 Å². The van der Waals surface area contributed by atoms with Crippen LogP contribution in [-0.4, -0.2) is 48.2 Å². The van der Waals surface area contributed by atoms with Gasteiger partial charge in [0.25, 0.3) is 0 Å². The molecule has 32 heavy (non-hydrogen) atoms. The third kappa shape index (κ3) is 2.32. The maximum absolute atomic E-state index is 13.8. The summed E-state index contributed by atoms with van der Waals surface area (Å²) in [6, 6.07) is 11.2. The summed E-state index contributed by atoms with van der Waals surface area (Å²) in [7, 11) is 0. The van der Waals surface area contributed by atoms with Crippen molar-refractivity contribution in [2.75, 3.05) is 23.4 Å². The quantitative estimate of drug-likeness (QED) is 0.597. The average Bonchev–Trinajstić information content (AvgIpc) is 3.38. The number of nitrogens with zero attached hydrogens (tertiary/aromatic N) is 1. The molecular weight excluding hydrogens is 414 g/mol. The van der Waals surface area contributed by atoms with E-state index >= 15 is 0 Å². The van der Waals surface area contributed by atoms with Gasteiger partial charge in [0.1, 0.15) is 18.8 Å². The molecule has 2 fully saturated rings. The monoisotopic (exact) mass is 435 g/mol. The summed E-state index contributed by atoms with van der Waals surface area (Å²) in [6.07, 6.45) is -0.959. The molecule has 3 N–H and O–H groups in total. The average molecular weight is 435 g/mol. The van der Waals surface area contributed by atoms with Crippen molar-refractivity contribution >= 4 is 29.1 Å². The van der Waals surface area contributed by atoms with E-state index in [4.69, 9.17) is 9.47 Å². The molecule has 0 unspecified atom stereocenters. The summed E-state index contributed by atoms with van der Waals surface area (Å²) < 4.78 is 11.2. The lowest BCUT2D eigenvalue weighted by atomic mass is 9.76. The molecule has 4 aliphatic heterocycles. The molecule has 0 aliphatic carbocycles. The van der Waals surface area contributed by atoms with Crippen LogP contribution in [0.2, 0.25) is 0 Å². The fourth-order valence-corrected chi connectivity index (χ4v) is 5.53. The van der Waals surface area contributed by atoms with Gasteiger partial charge in [-0.3, -0.25) is 19.7 Å². The third-order valence-corrected chi connectivity index (χ3v) is 6.86. The van der Waals surface area contributed by atoms with E-state index in [1.165, 1.54) is 0 Å². The number of aliphatic hydroxyl groups excluding tert-OH is 1. The number of carbonyl (C=O) groups is 3. The van der Waals surface area contributed by atoms with Crippen molar-refractivity contribution in [3.8, 4) is 11.5 Å². The van der Waals surface area contributed by atoms with Gasteiger partial charge in [-0.1, -0.05) is 18.2 Å². The highest BCUT2D eigenvalue weighted by Crippen LogP contribution is 2.54. The van der Waals surface area contributed by atoms with E-state index in [-0.39, 0.29) is 0 Å². The molecule has 2 aromatic rings. The molecule has 0 aromatic heterocycles. The van der Waals surface area contributed by atoms with Crippen molar-refractivity contribution in [3.63, 3.8) is 0 Å². The van der Waals surface area contributed by atoms with Gasteiger partial charge in [-0.25, -0.2) is 4.90 Å².